The second kappa shape index (κ2) is 6.29. The Kier molecular flexibility index (Phi) is 4.70. The van der Waals surface area contributed by atoms with Gasteiger partial charge in [-0.3, -0.25) is 4.79 Å². The standard InChI is InChI=1S/C16H22FNO/c1-12(11-18(2)13-7-3-4-8-13)16(19)14-9-5-6-10-15(14)17/h5-6,9-10,12-13H,3-4,7-8,11H2,1-2H3. The number of hydrogen-bond donors (Lipinski definition) is 0. The molecule has 1 aliphatic rings. The van der Waals surface area contributed by atoms with Crippen molar-refractivity contribution in [1.29, 1.82) is 0 Å². The van der Waals surface area contributed by atoms with Crippen LogP contribution in [0.2, 0.25) is 0 Å². The Morgan fingerprint density at radius 2 is 2.00 bits per heavy atom. The van der Waals surface area contributed by atoms with Gasteiger partial charge in [-0.25, -0.2) is 4.39 Å². The minimum Gasteiger partial charge on any atom is -0.303 e. The smallest absolute Gasteiger partial charge is 0.169 e. The molecule has 19 heavy (non-hydrogen) atoms. The predicted octanol–water partition coefficient (Wildman–Crippen LogP) is 3.52. The normalized spacial score (nSPS) is 17.9. The third-order valence-electron chi connectivity index (χ3n) is 4.10. The van der Waals surface area contributed by atoms with Gasteiger partial charge in [0.2, 0.25) is 0 Å². The van der Waals surface area contributed by atoms with Crippen molar-refractivity contribution in [1.82, 2.24) is 4.90 Å². The van der Waals surface area contributed by atoms with Gasteiger partial charge in [-0.1, -0.05) is 31.9 Å². The molecule has 0 bridgehead atoms. The first kappa shape index (κ1) is 14.2. The van der Waals surface area contributed by atoms with Gasteiger partial charge >= 0.3 is 0 Å². The summed E-state index contributed by atoms with van der Waals surface area (Å²) in [5.74, 6) is -0.673. The topological polar surface area (TPSA) is 20.3 Å². The maximum atomic E-state index is 13.6. The first-order valence-corrected chi connectivity index (χ1v) is 7.08. The summed E-state index contributed by atoms with van der Waals surface area (Å²) in [7, 11) is 2.07. The van der Waals surface area contributed by atoms with Crippen LogP contribution in [0.4, 0.5) is 4.39 Å². The molecule has 1 fully saturated rings. The molecule has 104 valence electrons. The molecule has 0 aliphatic heterocycles. The van der Waals surface area contributed by atoms with Crippen LogP contribution < -0.4 is 0 Å². The number of halogens is 1. The molecule has 1 aliphatic carbocycles. The Labute approximate surface area is 114 Å². The summed E-state index contributed by atoms with van der Waals surface area (Å²) < 4.78 is 13.6. The fourth-order valence-electron chi connectivity index (χ4n) is 2.94. The van der Waals surface area contributed by atoms with E-state index in [1.165, 1.54) is 31.7 Å². The Balaban J connectivity index is 1.97. The molecule has 2 nitrogen and oxygen atoms in total. The fraction of sp³-hybridized carbons (Fsp3) is 0.562. The molecule has 0 saturated heterocycles. The van der Waals surface area contributed by atoms with Crippen LogP contribution in [-0.2, 0) is 0 Å². The number of Topliss-reactive ketones (excluding diaryl/α,β-unsaturated/α-hetero) is 1. The monoisotopic (exact) mass is 263 g/mol. The molecule has 0 spiro atoms. The average molecular weight is 263 g/mol. The van der Waals surface area contributed by atoms with E-state index in [-0.39, 0.29) is 17.3 Å². The van der Waals surface area contributed by atoms with Crippen molar-refractivity contribution >= 4 is 5.78 Å². The zero-order valence-electron chi connectivity index (χ0n) is 11.7. The Morgan fingerprint density at radius 3 is 2.63 bits per heavy atom. The number of benzene rings is 1. The van der Waals surface area contributed by atoms with Crippen molar-refractivity contribution < 1.29 is 9.18 Å². The SMILES string of the molecule is CC(CN(C)C1CCCC1)C(=O)c1ccccc1F. The molecule has 1 unspecified atom stereocenters. The molecule has 1 aromatic carbocycles. The molecule has 1 saturated carbocycles. The van der Waals surface area contributed by atoms with E-state index in [0.29, 0.717) is 12.6 Å². The highest BCUT2D eigenvalue weighted by Crippen LogP contribution is 2.23. The Hall–Kier alpha value is -1.22. The largest absolute Gasteiger partial charge is 0.303 e. The van der Waals surface area contributed by atoms with Crippen molar-refractivity contribution in [2.24, 2.45) is 5.92 Å². The summed E-state index contributed by atoms with van der Waals surface area (Å²) in [6.07, 6.45) is 5.00. The molecule has 1 aromatic rings. The van der Waals surface area contributed by atoms with Crippen LogP contribution in [0.3, 0.4) is 0 Å². The van der Waals surface area contributed by atoms with Crippen LogP contribution in [0.25, 0.3) is 0 Å². The zero-order valence-corrected chi connectivity index (χ0v) is 11.7. The van der Waals surface area contributed by atoms with Crippen LogP contribution in [0.15, 0.2) is 24.3 Å². The highest BCUT2D eigenvalue weighted by molar-refractivity contribution is 5.98. The quantitative estimate of drug-likeness (QED) is 0.758. The van der Waals surface area contributed by atoms with Crippen LogP contribution in [0.1, 0.15) is 43.0 Å². The van der Waals surface area contributed by atoms with Gasteiger partial charge in [0, 0.05) is 18.5 Å². The van der Waals surface area contributed by atoms with Crippen molar-refractivity contribution in [2.45, 2.75) is 38.6 Å². The second-order valence-electron chi connectivity index (χ2n) is 5.62. The minimum absolute atomic E-state index is 0.0945. The molecule has 1 atom stereocenters. The minimum atomic E-state index is -0.414. The summed E-state index contributed by atoms with van der Waals surface area (Å²) >= 11 is 0. The summed E-state index contributed by atoms with van der Waals surface area (Å²) in [4.78, 5) is 14.5. The van der Waals surface area contributed by atoms with Crippen LogP contribution in [-0.4, -0.2) is 30.3 Å². The van der Waals surface area contributed by atoms with Gasteiger partial charge < -0.3 is 4.90 Å². The predicted molar refractivity (Wildman–Crippen MR) is 74.8 cm³/mol. The van der Waals surface area contributed by atoms with Crippen molar-refractivity contribution in [2.75, 3.05) is 13.6 Å². The molecule has 0 heterocycles. The van der Waals surface area contributed by atoms with Crippen LogP contribution >= 0.6 is 0 Å². The lowest BCUT2D eigenvalue weighted by Gasteiger charge is -2.26. The van der Waals surface area contributed by atoms with Crippen LogP contribution in [0.5, 0.6) is 0 Å². The van der Waals surface area contributed by atoms with Gasteiger partial charge in [-0.2, -0.15) is 0 Å². The highest BCUT2D eigenvalue weighted by Gasteiger charge is 2.24. The van der Waals surface area contributed by atoms with Gasteiger partial charge in [-0.15, -0.1) is 0 Å². The van der Waals surface area contributed by atoms with E-state index in [0.717, 1.165) is 0 Å². The molecular weight excluding hydrogens is 241 g/mol. The maximum absolute atomic E-state index is 13.6. The van der Waals surface area contributed by atoms with Crippen molar-refractivity contribution in [3.8, 4) is 0 Å². The van der Waals surface area contributed by atoms with E-state index in [1.807, 2.05) is 6.92 Å². The third kappa shape index (κ3) is 3.41. The molecule has 0 aromatic heterocycles. The molecule has 0 radical (unpaired) electrons. The Bertz CT molecular complexity index is 440. The van der Waals surface area contributed by atoms with Gasteiger partial charge in [0.1, 0.15) is 5.82 Å². The first-order chi connectivity index (χ1) is 9.09. The number of ketones is 1. The fourth-order valence-corrected chi connectivity index (χ4v) is 2.94. The first-order valence-electron chi connectivity index (χ1n) is 7.08. The summed E-state index contributed by atoms with van der Waals surface area (Å²) in [6, 6.07) is 6.84. The Morgan fingerprint density at radius 1 is 1.37 bits per heavy atom. The summed E-state index contributed by atoms with van der Waals surface area (Å²) in [6.45, 7) is 2.60. The number of carbonyl (C=O) groups is 1. The van der Waals surface area contributed by atoms with E-state index in [4.69, 9.17) is 0 Å². The lowest BCUT2D eigenvalue weighted by Crippen LogP contribution is -2.35. The number of hydrogen-bond acceptors (Lipinski definition) is 2. The van der Waals surface area contributed by atoms with E-state index < -0.39 is 5.82 Å². The van der Waals surface area contributed by atoms with E-state index in [2.05, 4.69) is 11.9 Å². The van der Waals surface area contributed by atoms with E-state index in [9.17, 15) is 9.18 Å². The van der Waals surface area contributed by atoms with Gasteiger partial charge in [0.05, 0.1) is 5.56 Å². The molecule has 3 heteroatoms. The summed E-state index contributed by atoms with van der Waals surface area (Å²) in [5.41, 5.74) is 0.217. The van der Waals surface area contributed by atoms with Crippen molar-refractivity contribution in [3.05, 3.63) is 35.6 Å². The lowest BCUT2D eigenvalue weighted by atomic mass is 9.98. The average Bonchev–Trinajstić information content (AvgIpc) is 2.92. The number of carbonyl (C=O) groups excluding carboxylic acids is 1. The molecular formula is C16H22FNO. The highest BCUT2D eigenvalue weighted by atomic mass is 19.1. The lowest BCUT2D eigenvalue weighted by molar-refractivity contribution is 0.0883. The number of rotatable bonds is 5. The van der Waals surface area contributed by atoms with Gasteiger partial charge in [0.15, 0.2) is 5.78 Å². The molecule has 0 amide bonds. The number of nitrogens with zero attached hydrogens (tertiary/aromatic N) is 1. The maximum Gasteiger partial charge on any atom is 0.169 e. The molecule has 2 rings (SSSR count). The van der Waals surface area contributed by atoms with Crippen LogP contribution in [0, 0.1) is 11.7 Å². The zero-order chi connectivity index (χ0) is 13.8. The molecule has 0 N–H and O–H groups in total. The summed E-state index contributed by atoms with van der Waals surface area (Å²) in [5, 5.41) is 0. The van der Waals surface area contributed by atoms with E-state index in [1.54, 1.807) is 18.2 Å². The van der Waals surface area contributed by atoms with E-state index >= 15 is 0 Å². The second-order valence-corrected chi connectivity index (χ2v) is 5.62. The van der Waals surface area contributed by atoms with Gasteiger partial charge in [0.25, 0.3) is 0 Å². The van der Waals surface area contributed by atoms with Gasteiger partial charge in [-0.05, 0) is 32.0 Å². The third-order valence-corrected chi connectivity index (χ3v) is 4.10. The van der Waals surface area contributed by atoms with Crippen molar-refractivity contribution in [3.63, 3.8) is 0 Å².